The number of rotatable bonds is 3. The number of aromatic nitrogens is 2. The Morgan fingerprint density at radius 3 is 2.44 bits per heavy atom. The standard InChI is InChI=1S/C23H24F3N3O3/c1-14-12-28(3)22(31)19-18(13-27(2)20(14)19)21(30)29-9-7-16(8-10-29)32-17-6-4-5-15(11-17)23(24,25)26/h4-6,11-13,16H,7-10H2,1-3H3. The molecule has 6 nitrogen and oxygen atoms in total. The number of carbonyl (C=O) groups is 1. The highest BCUT2D eigenvalue weighted by atomic mass is 19.4. The topological polar surface area (TPSA) is 56.5 Å². The minimum Gasteiger partial charge on any atom is -0.490 e. The molecule has 0 N–H and O–H groups in total. The molecule has 1 aliphatic heterocycles. The second-order valence-electron chi connectivity index (χ2n) is 8.24. The molecule has 0 aliphatic carbocycles. The summed E-state index contributed by atoms with van der Waals surface area (Å²) in [5.41, 5.74) is 1.02. The zero-order chi connectivity index (χ0) is 23.2. The summed E-state index contributed by atoms with van der Waals surface area (Å²) in [6.45, 7) is 2.68. The molecule has 0 spiro atoms. The van der Waals surface area contributed by atoms with Crippen LogP contribution in [-0.2, 0) is 20.3 Å². The van der Waals surface area contributed by atoms with Gasteiger partial charge in [-0.15, -0.1) is 0 Å². The van der Waals surface area contributed by atoms with Gasteiger partial charge in [0.05, 0.1) is 22.0 Å². The van der Waals surface area contributed by atoms with Crippen LogP contribution >= 0.6 is 0 Å². The molecule has 1 saturated heterocycles. The number of benzene rings is 1. The molecule has 0 atom stereocenters. The first kappa shape index (κ1) is 22.0. The lowest BCUT2D eigenvalue weighted by atomic mass is 10.1. The quantitative estimate of drug-likeness (QED) is 0.612. The molecule has 3 heterocycles. The molecular weight excluding hydrogens is 423 g/mol. The van der Waals surface area contributed by atoms with Crippen molar-refractivity contribution < 1.29 is 22.7 Å². The first-order valence-electron chi connectivity index (χ1n) is 10.3. The van der Waals surface area contributed by atoms with Crippen molar-refractivity contribution in [2.75, 3.05) is 13.1 Å². The van der Waals surface area contributed by atoms with E-state index in [0.29, 0.717) is 36.9 Å². The van der Waals surface area contributed by atoms with Crippen LogP contribution in [0.1, 0.15) is 34.3 Å². The molecule has 32 heavy (non-hydrogen) atoms. The Morgan fingerprint density at radius 1 is 1.09 bits per heavy atom. The second-order valence-corrected chi connectivity index (χ2v) is 8.24. The van der Waals surface area contributed by atoms with Crippen molar-refractivity contribution in [1.82, 2.24) is 14.0 Å². The smallest absolute Gasteiger partial charge is 0.416 e. The van der Waals surface area contributed by atoms with Crippen LogP contribution in [-0.4, -0.2) is 39.1 Å². The third-order valence-electron chi connectivity index (χ3n) is 5.90. The summed E-state index contributed by atoms with van der Waals surface area (Å²) in [7, 11) is 3.47. The third kappa shape index (κ3) is 3.99. The minimum atomic E-state index is -4.43. The Hall–Kier alpha value is -3.23. The Balaban J connectivity index is 1.49. The van der Waals surface area contributed by atoms with E-state index in [9.17, 15) is 22.8 Å². The maximum atomic E-state index is 13.2. The van der Waals surface area contributed by atoms with Crippen molar-refractivity contribution in [2.45, 2.75) is 32.0 Å². The van der Waals surface area contributed by atoms with Crippen molar-refractivity contribution in [3.63, 3.8) is 0 Å². The van der Waals surface area contributed by atoms with Gasteiger partial charge in [0.25, 0.3) is 11.5 Å². The zero-order valence-electron chi connectivity index (χ0n) is 18.1. The van der Waals surface area contributed by atoms with E-state index < -0.39 is 11.7 Å². The Morgan fingerprint density at radius 2 is 1.78 bits per heavy atom. The van der Waals surface area contributed by atoms with Crippen molar-refractivity contribution in [2.24, 2.45) is 14.1 Å². The maximum Gasteiger partial charge on any atom is 0.416 e. The minimum absolute atomic E-state index is 0.164. The number of hydrogen-bond donors (Lipinski definition) is 0. The van der Waals surface area contributed by atoms with Gasteiger partial charge in [-0.25, -0.2) is 0 Å². The van der Waals surface area contributed by atoms with Gasteiger partial charge in [0.15, 0.2) is 0 Å². The lowest BCUT2D eigenvalue weighted by molar-refractivity contribution is -0.137. The van der Waals surface area contributed by atoms with Crippen LogP contribution in [0.5, 0.6) is 5.75 Å². The van der Waals surface area contributed by atoms with Gasteiger partial charge < -0.3 is 18.8 Å². The van der Waals surface area contributed by atoms with E-state index in [1.54, 1.807) is 36.0 Å². The SMILES string of the molecule is Cc1cn(C)c(=O)c2c(C(=O)N3CCC(Oc4cccc(C(F)(F)F)c4)CC3)cn(C)c12. The maximum absolute atomic E-state index is 13.2. The molecule has 2 aromatic heterocycles. The predicted molar refractivity (Wildman–Crippen MR) is 114 cm³/mol. The van der Waals surface area contributed by atoms with Crippen LogP contribution in [0.15, 0.2) is 41.5 Å². The molecule has 3 aromatic rings. The average molecular weight is 447 g/mol. The van der Waals surface area contributed by atoms with Crippen LogP contribution in [0.3, 0.4) is 0 Å². The molecule has 0 unspecified atom stereocenters. The highest BCUT2D eigenvalue weighted by Crippen LogP contribution is 2.32. The summed E-state index contributed by atoms with van der Waals surface area (Å²) in [6, 6.07) is 4.82. The molecule has 9 heteroatoms. The lowest BCUT2D eigenvalue weighted by Gasteiger charge is -2.32. The predicted octanol–water partition coefficient (Wildman–Crippen LogP) is 3.89. The number of piperidine rings is 1. The fourth-order valence-corrected chi connectivity index (χ4v) is 4.35. The molecule has 0 bridgehead atoms. The van der Waals surface area contributed by atoms with Gasteiger partial charge in [-0.1, -0.05) is 6.07 Å². The fourth-order valence-electron chi connectivity index (χ4n) is 4.35. The molecular formula is C23H24F3N3O3. The summed E-state index contributed by atoms with van der Waals surface area (Å²) >= 11 is 0. The number of likely N-dealkylation sites (tertiary alicyclic amines) is 1. The number of pyridine rings is 1. The van der Waals surface area contributed by atoms with Crippen LogP contribution in [0.2, 0.25) is 0 Å². The summed E-state index contributed by atoms with van der Waals surface area (Å²) in [5, 5.41) is 0.405. The number of fused-ring (bicyclic) bond motifs is 1. The monoisotopic (exact) mass is 447 g/mol. The van der Waals surface area contributed by atoms with E-state index in [-0.39, 0.29) is 23.3 Å². The number of aryl methyl sites for hydroxylation is 3. The van der Waals surface area contributed by atoms with E-state index in [4.69, 9.17) is 4.74 Å². The van der Waals surface area contributed by atoms with Gasteiger partial charge >= 0.3 is 6.18 Å². The van der Waals surface area contributed by atoms with Crippen LogP contribution in [0.25, 0.3) is 10.9 Å². The van der Waals surface area contributed by atoms with Crippen molar-refractivity contribution in [3.8, 4) is 5.75 Å². The summed E-state index contributed by atoms with van der Waals surface area (Å²) in [5.74, 6) is -0.0616. The molecule has 0 radical (unpaired) electrons. The molecule has 1 fully saturated rings. The van der Waals surface area contributed by atoms with Crippen LogP contribution < -0.4 is 10.3 Å². The summed E-state index contributed by atoms with van der Waals surface area (Å²) < 4.78 is 47.8. The lowest BCUT2D eigenvalue weighted by Crippen LogP contribution is -2.42. The van der Waals surface area contributed by atoms with E-state index in [1.807, 2.05) is 6.92 Å². The van der Waals surface area contributed by atoms with Crippen molar-refractivity contribution >= 4 is 16.8 Å². The van der Waals surface area contributed by atoms with Crippen molar-refractivity contribution in [1.29, 1.82) is 0 Å². The number of hydrogen-bond acceptors (Lipinski definition) is 3. The summed E-state index contributed by atoms with van der Waals surface area (Å²) in [4.78, 5) is 27.6. The molecule has 1 aromatic carbocycles. The number of carbonyl (C=O) groups excluding carboxylic acids is 1. The van der Waals surface area contributed by atoms with Gasteiger partial charge in [-0.05, 0) is 30.7 Å². The number of ether oxygens (including phenoxy) is 1. The van der Waals surface area contributed by atoms with E-state index in [2.05, 4.69) is 0 Å². The van der Waals surface area contributed by atoms with Gasteiger partial charge in [0.1, 0.15) is 11.9 Å². The molecule has 0 saturated carbocycles. The number of amides is 1. The number of nitrogens with zero attached hydrogens (tertiary/aromatic N) is 3. The average Bonchev–Trinajstić information content (AvgIpc) is 3.09. The highest BCUT2D eigenvalue weighted by Gasteiger charge is 2.31. The Labute approximate surface area is 182 Å². The van der Waals surface area contributed by atoms with Crippen LogP contribution in [0, 0.1) is 6.92 Å². The van der Waals surface area contributed by atoms with E-state index in [0.717, 1.165) is 23.2 Å². The largest absolute Gasteiger partial charge is 0.490 e. The summed E-state index contributed by atoms with van der Waals surface area (Å²) in [6.07, 6.45) is -0.302. The normalized spacial score (nSPS) is 15.4. The first-order chi connectivity index (χ1) is 15.1. The van der Waals surface area contributed by atoms with Gasteiger partial charge in [0, 0.05) is 52.4 Å². The number of halogens is 3. The molecule has 1 amide bonds. The fraction of sp³-hybridized carbons (Fsp3) is 0.391. The molecule has 4 rings (SSSR count). The van der Waals surface area contributed by atoms with Gasteiger partial charge in [0.2, 0.25) is 0 Å². The highest BCUT2D eigenvalue weighted by molar-refractivity contribution is 6.07. The molecule has 170 valence electrons. The first-order valence-corrected chi connectivity index (χ1v) is 10.3. The molecule has 1 aliphatic rings. The third-order valence-corrected chi connectivity index (χ3v) is 5.90. The van der Waals surface area contributed by atoms with Gasteiger partial charge in [-0.2, -0.15) is 13.2 Å². The second kappa shape index (κ2) is 8.03. The van der Waals surface area contributed by atoms with Crippen LogP contribution in [0.4, 0.5) is 13.2 Å². The zero-order valence-corrected chi connectivity index (χ0v) is 18.1. The number of alkyl halides is 3. The van der Waals surface area contributed by atoms with Crippen molar-refractivity contribution in [3.05, 3.63) is 63.7 Å². The Kier molecular flexibility index (Phi) is 5.52. The van der Waals surface area contributed by atoms with Gasteiger partial charge in [-0.3, -0.25) is 9.59 Å². The van der Waals surface area contributed by atoms with E-state index >= 15 is 0 Å². The van der Waals surface area contributed by atoms with E-state index in [1.165, 1.54) is 16.7 Å². The Bertz CT molecular complexity index is 1230.